The Morgan fingerprint density at radius 2 is 1.96 bits per heavy atom. The molecule has 0 bridgehead atoms. The zero-order chi connectivity index (χ0) is 20.0. The first-order valence-electron chi connectivity index (χ1n) is 9.33. The van der Waals surface area contributed by atoms with Crippen molar-refractivity contribution in [1.29, 1.82) is 0 Å². The molecule has 28 heavy (non-hydrogen) atoms. The summed E-state index contributed by atoms with van der Waals surface area (Å²) in [4.78, 5) is 31.1. The Kier molecular flexibility index (Phi) is 6.09. The Hall–Kier alpha value is -3.15. The topological polar surface area (TPSA) is 71.5 Å². The van der Waals surface area contributed by atoms with E-state index in [1.165, 1.54) is 6.08 Å². The van der Waals surface area contributed by atoms with Gasteiger partial charge in [0.05, 0.1) is 12.5 Å². The molecule has 1 N–H and O–H groups in total. The van der Waals surface area contributed by atoms with Crippen molar-refractivity contribution in [3.8, 4) is 5.88 Å². The van der Waals surface area contributed by atoms with Crippen molar-refractivity contribution in [1.82, 2.24) is 15.2 Å². The molecule has 1 aromatic heterocycles. The fraction of sp³-hybridized carbons (Fsp3) is 0.318. The molecule has 0 spiro atoms. The summed E-state index contributed by atoms with van der Waals surface area (Å²) in [6.07, 6.45) is 4.13. The van der Waals surface area contributed by atoms with Gasteiger partial charge >= 0.3 is 0 Å². The Labute approximate surface area is 165 Å². The number of nitrogens with zero attached hydrogens (tertiary/aromatic N) is 2. The summed E-state index contributed by atoms with van der Waals surface area (Å²) in [7, 11) is 1.56. The number of carbonyl (C=O) groups is 2. The molecule has 146 valence electrons. The van der Waals surface area contributed by atoms with Gasteiger partial charge in [0.2, 0.25) is 17.7 Å². The Balaban J connectivity index is 1.78. The maximum atomic E-state index is 13.3. The van der Waals surface area contributed by atoms with Crippen LogP contribution in [0.1, 0.15) is 24.0 Å². The summed E-state index contributed by atoms with van der Waals surface area (Å²) >= 11 is 0. The molecule has 2 heterocycles. The third-order valence-corrected chi connectivity index (χ3v) is 5.33. The number of rotatable bonds is 6. The molecule has 1 aromatic carbocycles. The molecule has 0 unspecified atom stereocenters. The van der Waals surface area contributed by atoms with E-state index in [-0.39, 0.29) is 11.8 Å². The molecule has 1 aliphatic rings. The quantitative estimate of drug-likeness (QED) is 0.783. The zero-order valence-electron chi connectivity index (χ0n) is 16.1. The van der Waals surface area contributed by atoms with Crippen LogP contribution >= 0.6 is 0 Å². The van der Waals surface area contributed by atoms with E-state index in [4.69, 9.17) is 4.74 Å². The molecule has 1 saturated heterocycles. The van der Waals surface area contributed by atoms with E-state index in [9.17, 15) is 9.59 Å². The highest BCUT2D eigenvalue weighted by Crippen LogP contribution is 2.36. The number of ether oxygens (including phenoxy) is 1. The van der Waals surface area contributed by atoms with Gasteiger partial charge in [0, 0.05) is 31.9 Å². The summed E-state index contributed by atoms with van der Waals surface area (Å²) < 4.78 is 5.14. The summed E-state index contributed by atoms with van der Waals surface area (Å²) in [6, 6.07) is 13.5. The molecule has 1 fully saturated rings. The highest BCUT2D eigenvalue weighted by molar-refractivity contribution is 5.90. The van der Waals surface area contributed by atoms with E-state index in [0.717, 1.165) is 11.1 Å². The monoisotopic (exact) mass is 379 g/mol. The van der Waals surface area contributed by atoms with E-state index >= 15 is 0 Å². The van der Waals surface area contributed by atoms with Crippen molar-refractivity contribution >= 4 is 11.8 Å². The standard InChI is InChI=1S/C22H25N3O3/c1-3-20(26)25-13-10-22(11-14-25,18-7-5-4-6-8-18)21(27)24-16-17-9-12-23-19(15-17)28-2/h3-9,12,15H,1,10-11,13-14,16H2,2H3,(H,24,27). The molecule has 0 saturated carbocycles. The van der Waals surface area contributed by atoms with Crippen LogP contribution in [0.2, 0.25) is 0 Å². The molecular weight excluding hydrogens is 354 g/mol. The second-order valence-electron chi connectivity index (χ2n) is 6.87. The lowest BCUT2D eigenvalue weighted by Crippen LogP contribution is -2.52. The second kappa shape index (κ2) is 8.69. The van der Waals surface area contributed by atoms with Crippen molar-refractivity contribution in [2.75, 3.05) is 20.2 Å². The number of nitrogens with one attached hydrogen (secondary N) is 1. The minimum Gasteiger partial charge on any atom is -0.481 e. The maximum absolute atomic E-state index is 13.3. The predicted molar refractivity (Wildman–Crippen MR) is 107 cm³/mol. The van der Waals surface area contributed by atoms with Crippen molar-refractivity contribution in [3.63, 3.8) is 0 Å². The first-order chi connectivity index (χ1) is 13.6. The van der Waals surface area contributed by atoms with Gasteiger partial charge in [-0.15, -0.1) is 0 Å². The number of aromatic nitrogens is 1. The smallest absolute Gasteiger partial charge is 0.245 e. The van der Waals surface area contributed by atoms with Crippen LogP contribution < -0.4 is 10.1 Å². The Morgan fingerprint density at radius 1 is 1.25 bits per heavy atom. The van der Waals surface area contributed by atoms with E-state index < -0.39 is 5.41 Å². The average molecular weight is 379 g/mol. The highest BCUT2D eigenvalue weighted by Gasteiger charge is 2.43. The molecule has 0 atom stereocenters. The second-order valence-corrected chi connectivity index (χ2v) is 6.87. The Bertz CT molecular complexity index is 843. The number of piperidine rings is 1. The minimum atomic E-state index is -0.656. The SMILES string of the molecule is C=CC(=O)N1CCC(C(=O)NCc2ccnc(OC)c2)(c2ccccc2)CC1. The number of benzene rings is 1. The molecule has 2 amide bonds. The van der Waals surface area contributed by atoms with Gasteiger partial charge in [0.25, 0.3) is 0 Å². The number of hydrogen-bond donors (Lipinski definition) is 1. The first-order valence-corrected chi connectivity index (χ1v) is 9.33. The van der Waals surface area contributed by atoms with Gasteiger partial charge in [-0.05, 0) is 36.1 Å². The third kappa shape index (κ3) is 4.06. The van der Waals surface area contributed by atoms with Crippen LogP contribution in [0.4, 0.5) is 0 Å². The van der Waals surface area contributed by atoms with Crippen LogP contribution in [-0.4, -0.2) is 41.9 Å². The molecule has 0 aliphatic carbocycles. The summed E-state index contributed by atoms with van der Waals surface area (Å²) in [5.74, 6) is 0.395. The Morgan fingerprint density at radius 3 is 2.61 bits per heavy atom. The number of likely N-dealkylation sites (tertiary alicyclic amines) is 1. The van der Waals surface area contributed by atoms with Gasteiger partial charge < -0.3 is 15.0 Å². The van der Waals surface area contributed by atoms with E-state index in [2.05, 4.69) is 16.9 Å². The molecular formula is C22H25N3O3. The zero-order valence-corrected chi connectivity index (χ0v) is 16.1. The average Bonchev–Trinajstić information content (AvgIpc) is 2.77. The van der Waals surface area contributed by atoms with Crippen LogP contribution in [-0.2, 0) is 21.5 Å². The number of hydrogen-bond acceptors (Lipinski definition) is 4. The molecule has 0 radical (unpaired) electrons. The van der Waals surface area contributed by atoms with E-state index in [1.54, 1.807) is 24.3 Å². The molecule has 2 aromatic rings. The van der Waals surface area contributed by atoms with E-state index in [1.807, 2.05) is 36.4 Å². The third-order valence-electron chi connectivity index (χ3n) is 5.33. The van der Waals surface area contributed by atoms with Gasteiger partial charge in [-0.1, -0.05) is 36.9 Å². The fourth-order valence-electron chi connectivity index (χ4n) is 3.67. The highest BCUT2D eigenvalue weighted by atomic mass is 16.5. The van der Waals surface area contributed by atoms with Crippen molar-refractivity contribution in [3.05, 3.63) is 72.4 Å². The van der Waals surface area contributed by atoms with Crippen LogP contribution in [0.3, 0.4) is 0 Å². The number of carbonyl (C=O) groups excluding carboxylic acids is 2. The molecule has 1 aliphatic heterocycles. The van der Waals surface area contributed by atoms with Gasteiger partial charge in [-0.25, -0.2) is 4.98 Å². The predicted octanol–water partition coefficient (Wildman–Crippen LogP) is 2.45. The minimum absolute atomic E-state index is 0.0276. The van der Waals surface area contributed by atoms with Crippen molar-refractivity contribution in [2.45, 2.75) is 24.8 Å². The van der Waals surface area contributed by atoms with Gasteiger partial charge in [0.15, 0.2) is 0 Å². The summed E-state index contributed by atoms with van der Waals surface area (Å²) in [5, 5.41) is 3.07. The largest absolute Gasteiger partial charge is 0.481 e. The number of methoxy groups -OCH3 is 1. The van der Waals surface area contributed by atoms with Crippen LogP contribution in [0.15, 0.2) is 61.3 Å². The normalized spacial score (nSPS) is 15.5. The van der Waals surface area contributed by atoms with Gasteiger partial charge in [-0.2, -0.15) is 0 Å². The van der Waals surface area contributed by atoms with Crippen LogP contribution in [0.25, 0.3) is 0 Å². The lowest BCUT2D eigenvalue weighted by atomic mass is 9.72. The fourth-order valence-corrected chi connectivity index (χ4v) is 3.67. The first kappa shape index (κ1) is 19.6. The maximum Gasteiger partial charge on any atom is 0.245 e. The summed E-state index contributed by atoms with van der Waals surface area (Å²) in [5.41, 5.74) is 1.24. The van der Waals surface area contributed by atoms with Crippen molar-refractivity contribution in [2.24, 2.45) is 0 Å². The van der Waals surface area contributed by atoms with E-state index in [0.29, 0.717) is 38.4 Å². The summed E-state index contributed by atoms with van der Waals surface area (Å²) in [6.45, 7) is 5.00. The number of pyridine rings is 1. The van der Waals surface area contributed by atoms with Gasteiger partial charge in [-0.3, -0.25) is 9.59 Å². The molecule has 6 heteroatoms. The molecule has 3 rings (SSSR count). The lowest BCUT2D eigenvalue weighted by molar-refractivity contribution is -0.134. The van der Waals surface area contributed by atoms with Gasteiger partial charge in [0.1, 0.15) is 0 Å². The lowest BCUT2D eigenvalue weighted by Gasteiger charge is -2.40. The molecule has 6 nitrogen and oxygen atoms in total. The van der Waals surface area contributed by atoms with Crippen LogP contribution in [0.5, 0.6) is 5.88 Å². The number of amides is 2. The van der Waals surface area contributed by atoms with Crippen LogP contribution in [0, 0.1) is 0 Å². The van der Waals surface area contributed by atoms with Crippen molar-refractivity contribution < 1.29 is 14.3 Å².